The lowest BCUT2D eigenvalue weighted by Crippen LogP contribution is -2.45. The SMILES string of the molecule is CC(=O)N1CCC(C(=O)N2CCSc3cc(C(C(F)(F)F)C(F)(F)F)ccc32)CC1. The summed E-state index contributed by atoms with van der Waals surface area (Å²) in [6.07, 6.45) is -9.99. The fourth-order valence-corrected chi connectivity index (χ4v) is 4.91. The Morgan fingerprint density at radius 2 is 1.63 bits per heavy atom. The molecule has 2 aliphatic heterocycles. The Labute approximate surface area is 173 Å². The average molecular weight is 454 g/mol. The standard InChI is InChI=1S/C19H20F6N2O2S/c1-11(28)26-6-4-12(5-7-26)17(29)27-8-9-30-15-10-13(2-3-14(15)27)16(18(20,21)22)19(23,24)25/h2-3,10,12,16H,4-9H2,1H3. The molecule has 166 valence electrons. The second-order valence-electron chi connectivity index (χ2n) is 7.36. The number of piperidine rings is 1. The highest BCUT2D eigenvalue weighted by molar-refractivity contribution is 7.99. The largest absolute Gasteiger partial charge is 0.404 e. The normalized spacial score (nSPS) is 18.5. The first-order chi connectivity index (χ1) is 13.9. The van der Waals surface area contributed by atoms with E-state index in [9.17, 15) is 35.9 Å². The van der Waals surface area contributed by atoms with Crippen molar-refractivity contribution in [2.75, 3.05) is 30.3 Å². The number of hydrogen-bond donors (Lipinski definition) is 0. The maximum Gasteiger partial charge on any atom is 0.404 e. The quantitative estimate of drug-likeness (QED) is 0.614. The Kier molecular flexibility index (Phi) is 6.31. The molecule has 30 heavy (non-hydrogen) atoms. The second-order valence-corrected chi connectivity index (χ2v) is 8.50. The van der Waals surface area contributed by atoms with Gasteiger partial charge in [0.05, 0.1) is 5.69 Å². The van der Waals surface area contributed by atoms with Gasteiger partial charge in [0.15, 0.2) is 5.92 Å². The molecule has 0 unspecified atom stereocenters. The molecular weight excluding hydrogens is 434 g/mol. The number of fused-ring (bicyclic) bond motifs is 1. The third-order valence-electron chi connectivity index (χ3n) is 5.39. The molecule has 2 heterocycles. The van der Waals surface area contributed by atoms with Gasteiger partial charge in [-0.25, -0.2) is 0 Å². The molecule has 0 saturated carbocycles. The van der Waals surface area contributed by atoms with E-state index in [1.165, 1.54) is 17.9 Å². The molecular formula is C19H20F6N2O2S. The molecule has 3 rings (SSSR count). The summed E-state index contributed by atoms with van der Waals surface area (Å²) in [7, 11) is 0. The molecule has 0 aliphatic carbocycles. The van der Waals surface area contributed by atoms with E-state index in [-0.39, 0.29) is 22.6 Å². The Balaban J connectivity index is 1.84. The third kappa shape index (κ3) is 4.70. The zero-order valence-corrected chi connectivity index (χ0v) is 16.8. The summed E-state index contributed by atoms with van der Waals surface area (Å²) in [5.74, 6) is -3.82. The molecule has 1 aromatic rings. The molecule has 2 aliphatic rings. The number of amides is 2. The van der Waals surface area contributed by atoms with Crippen LogP contribution in [0.2, 0.25) is 0 Å². The molecule has 0 aromatic heterocycles. The molecule has 2 amide bonds. The number of rotatable bonds is 2. The van der Waals surface area contributed by atoms with E-state index in [0.29, 0.717) is 43.9 Å². The van der Waals surface area contributed by atoms with Crippen molar-refractivity contribution >= 4 is 29.3 Å². The first kappa shape index (κ1) is 22.8. The lowest BCUT2D eigenvalue weighted by Gasteiger charge is -2.36. The Morgan fingerprint density at radius 1 is 1.03 bits per heavy atom. The number of thioether (sulfide) groups is 1. The molecule has 1 fully saturated rings. The molecule has 0 radical (unpaired) electrons. The first-order valence-electron chi connectivity index (χ1n) is 9.36. The zero-order valence-electron chi connectivity index (χ0n) is 16.0. The van der Waals surface area contributed by atoms with Gasteiger partial charge in [-0.2, -0.15) is 26.3 Å². The van der Waals surface area contributed by atoms with Gasteiger partial charge >= 0.3 is 12.4 Å². The predicted molar refractivity (Wildman–Crippen MR) is 99.3 cm³/mol. The molecule has 0 atom stereocenters. The summed E-state index contributed by atoms with van der Waals surface area (Å²) in [4.78, 5) is 27.7. The van der Waals surface area contributed by atoms with Crippen LogP contribution in [-0.2, 0) is 9.59 Å². The highest BCUT2D eigenvalue weighted by Gasteiger charge is 2.57. The minimum atomic E-state index is -5.47. The minimum absolute atomic E-state index is 0.0722. The van der Waals surface area contributed by atoms with Crippen LogP contribution in [-0.4, -0.2) is 54.5 Å². The molecule has 11 heteroatoms. The number of hydrogen-bond acceptors (Lipinski definition) is 3. The third-order valence-corrected chi connectivity index (χ3v) is 6.42. The number of halogens is 6. The lowest BCUT2D eigenvalue weighted by atomic mass is 9.94. The van der Waals surface area contributed by atoms with Crippen LogP contribution in [0.25, 0.3) is 0 Å². The average Bonchev–Trinajstić information content (AvgIpc) is 2.64. The number of anilines is 1. The van der Waals surface area contributed by atoms with Crippen molar-refractivity contribution in [1.82, 2.24) is 4.90 Å². The van der Waals surface area contributed by atoms with Gasteiger partial charge < -0.3 is 9.80 Å². The number of alkyl halides is 6. The predicted octanol–water partition coefficient (Wildman–Crippen LogP) is 4.59. The smallest absolute Gasteiger partial charge is 0.343 e. The highest BCUT2D eigenvalue weighted by Crippen LogP contribution is 2.48. The number of nitrogens with zero attached hydrogens (tertiary/aromatic N) is 2. The number of likely N-dealkylation sites (tertiary alicyclic amines) is 1. The Morgan fingerprint density at radius 3 is 2.17 bits per heavy atom. The summed E-state index contributed by atoms with van der Waals surface area (Å²) in [5, 5.41) is 0. The van der Waals surface area contributed by atoms with E-state index >= 15 is 0 Å². The van der Waals surface area contributed by atoms with Crippen molar-refractivity contribution < 1.29 is 35.9 Å². The first-order valence-corrected chi connectivity index (χ1v) is 10.3. The highest BCUT2D eigenvalue weighted by atomic mass is 32.2. The zero-order chi connectivity index (χ0) is 22.3. The van der Waals surface area contributed by atoms with Crippen LogP contribution in [0.4, 0.5) is 32.0 Å². The van der Waals surface area contributed by atoms with Gasteiger partial charge in [0.1, 0.15) is 0 Å². The van der Waals surface area contributed by atoms with E-state index in [4.69, 9.17) is 0 Å². The Hall–Kier alpha value is -1.91. The van der Waals surface area contributed by atoms with Crippen LogP contribution in [0, 0.1) is 5.92 Å². The van der Waals surface area contributed by atoms with Gasteiger partial charge in [0, 0.05) is 43.1 Å². The van der Waals surface area contributed by atoms with E-state index in [0.717, 1.165) is 23.9 Å². The van der Waals surface area contributed by atoms with Crippen molar-refractivity contribution in [2.24, 2.45) is 5.92 Å². The molecule has 1 aromatic carbocycles. The summed E-state index contributed by atoms with van der Waals surface area (Å²) >= 11 is 1.13. The topological polar surface area (TPSA) is 40.6 Å². The summed E-state index contributed by atoms with van der Waals surface area (Å²) in [5.41, 5.74) is -0.553. The number of carbonyl (C=O) groups excluding carboxylic acids is 2. The number of benzene rings is 1. The maximum atomic E-state index is 13.1. The summed E-state index contributed by atoms with van der Waals surface area (Å²) in [6, 6.07) is 2.86. The second kappa shape index (κ2) is 8.32. The van der Waals surface area contributed by atoms with Gasteiger partial charge in [-0.1, -0.05) is 6.07 Å². The lowest BCUT2D eigenvalue weighted by molar-refractivity contribution is -0.253. The van der Waals surface area contributed by atoms with Gasteiger partial charge in [-0.05, 0) is 30.5 Å². The van der Waals surface area contributed by atoms with Crippen molar-refractivity contribution in [1.29, 1.82) is 0 Å². The van der Waals surface area contributed by atoms with Gasteiger partial charge in [0.25, 0.3) is 0 Å². The van der Waals surface area contributed by atoms with Crippen LogP contribution in [0.1, 0.15) is 31.2 Å². The number of carbonyl (C=O) groups is 2. The van der Waals surface area contributed by atoms with Gasteiger partial charge in [-0.3, -0.25) is 9.59 Å². The van der Waals surface area contributed by atoms with Crippen molar-refractivity contribution in [3.63, 3.8) is 0 Å². The maximum absolute atomic E-state index is 13.1. The summed E-state index contributed by atoms with van der Waals surface area (Å²) < 4.78 is 78.3. The van der Waals surface area contributed by atoms with Crippen LogP contribution in [0.5, 0.6) is 0 Å². The van der Waals surface area contributed by atoms with E-state index in [2.05, 4.69) is 0 Å². The molecule has 0 bridgehead atoms. The van der Waals surface area contributed by atoms with Crippen molar-refractivity contribution in [3.8, 4) is 0 Å². The van der Waals surface area contributed by atoms with Crippen LogP contribution in [0.15, 0.2) is 23.1 Å². The van der Waals surface area contributed by atoms with Crippen molar-refractivity contribution in [3.05, 3.63) is 23.8 Å². The van der Waals surface area contributed by atoms with Crippen LogP contribution < -0.4 is 4.90 Å². The van der Waals surface area contributed by atoms with E-state index in [1.54, 1.807) is 4.90 Å². The van der Waals surface area contributed by atoms with Gasteiger partial charge in [-0.15, -0.1) is 11.8 Å². The van der Waals surface area contributed by atoms with E-state index in [1.807, 2.05) is 0 Å². The molecule has 0 N–H and O–H groups in total. The summed E-state index contributed by atoms with van der Waals surface area (Å²) in [6.45, 7) is 2.66. The van der Waals surface area contributed by atoms with E-state index < -0.39 is 23.8 Å². The molecule has 1 saturated heterocycles. The van der Waals surface area contributed by atoms with Crippen LogP contribution >= 0.6 is 11.8 Å². The fourth-order valence-electron chi connectivity index (χ4n) is 3.87. The van der Waals surface area contributed by atoms with Crippen LogP contribution in [0.3, 0.4) is 0 Å². The molecule has 4 nitrogen and oxygen atoms in total. The Bertz CT molecular complexity index is 804. The minimum Gasteiger partial charge on any atom is -0.343 e. The fraction of sp³-hybridized carbons (Fsp3) is 0.579. The molecule has 0 spiro atoms. The van der Waals surface area contributed by atoms with Crippen molar-refractivity contribution in [2.45, 2.75) is 42.9 Å². The van der Waals surface area contributed by atoms with Gasteiger partial charge in [0.2, 0.25) is 11.8 Å². The monoisotopic (exact) mass is 454 g/mol.